The van der Waals surface area contributed by atoms with Crippen LogP contribution >= 0.6 is 0 Å². The standard InChI is InChI=1S/C10H20O2.C6H12O7.C6H14O6.C6H10O4/c1-2-3-4-5-6-7-8-9-10(11)12;7-1-2(8)3(9)4(10)5(11)6(12)13;7-1-3(9)5(11)6(12)4(10)2-8;7-5(8)3-1-2-4-6(9)10/h2-9H2,1H3,(H,11,12);2-5,7-11H,1H2,(H,12,13);3-12H,1-2H2;1-4H2,(H,7,8)(H,9,10). The number of aliphatic carboxylic acids is 4. The SMILES string of the molecule is CCCCCCCCCC(=O)O.O=C(O)C(O)C(O)C(O)C(O)CO.O=C(O)CCCCC(=O)O.OCC(O)C(O)C(O)C(O)CO. The Kier molecular flexibility index (Phi) is 36.4. The molecule has 0 saturated heterocycles. The maximum Gasteiger partial charge on any atom is 0.335 e. The molecule has 8 unspecified atom stereocenters. The van der Waals surface area contributed by atoms with Gasteiger partial charge in [0, 0.05) is 19.3 Å². The molecule has 0 heterocycles. The summed E-state index contributed by atoms with van der Waals surface area (Å²) >= 11 is 0. The average Bonchev–Trinajstić information content (AvgIpc) is 3.03. The van der Waals surface area contributed by atoms with E-state index in [1.165, 1.54) is 32.1 Å². The summed E-state index contributed by atoms with van der Waals surface area (Å²) in [5.74, 6) is -4.13. The molecule has 0 radical (unpaired) electrons. The molecule has 0 amide bonds. The molecule has 15 N–H and O–H groups in total. The first kappa shape index (κ1) is 51.3. The van der Waals surface area contributed by atoms with Gasteiger partial charge in [-0.25, -0.2) is 4.79 Å². The van der Waals surface area contributed by atoms with Gasteiger partial charge < -0.3 is 76.6 Å². The molecule has 0 bridgehead atoms. The Bertz CT molecular complexity index is 753. The number of carboxylic acid groups (broad SMARTS) is 4. The minimum absolute atomic E-state index is 0.0628. The number of aliphatic hydroxyl groups excluding tert-OH is 11. The summed E-state index contributed by atoms with van der Waals surface area (Å²) in [5, 5.41) is 129. The van der Waals surface area contributed by atoms with Crippen molar-refractivity contribution in [1.29, 1.82) is 0 Å². The molecule has 0 aromatic rings. The molecule has 282 valence electrons. The zero-order valence-corrected chi connectivity index (χ0v) is 26.6. The number of aliphatic hydroxyl groups is 11. The van der Waals surface area contributed by atoms with Crippen LogP contribution in [0.15, 0.2) is 0 Å². The van der Waals surface area contributed by atoms with Crippen LogP contribution in [0.5, 0.6) is 0 Å². The van der Waals surface area contributed by atoms with Gasteiger partial charge in [0.15, 0.2) is 6.10 Å². The van der Waals surface area contributed by atoms with Crippen molar-refractivity contribution in [2.24, 2.45) is 0 Å². The Morgan fingerprint density at radius 2 is 0.681 bits per heavy atom. The van der Waals surface area contributed by atoms with Crippen LogP contribution in [0, 0.1) is 0 Å². The monoisotopic (exact) mass is 696 g/mol. The molecule has 0 aliphatic rings. The van der Waals surface area contributed by atoms with Crippen LogP contribution in [-0.4, -0.2) is 169 Å². The molecule has 19 nitrogen and oxygen atoms in total. The molecule has 8 atom stereocenters. The van der Waals surface area contributed by atoms with Gasteiger partial charge in [-0.1, -0.05) is 45.4 Å². The zero-order chi connectivity index (χ0) is 37.5. The molecule has 0 spiro atoms. The fourth-order valence-electron chi connectivity index (χ4n) is 3.13. The summed E-state index contributed by atoms with van der Waals surface area (Å²) in [7, 11) is 0. The molecule has 19 heteroatoms. The van der Waals surface area contributed by atoms with Crippen molar-refractivity contribution in [3.8, 4) is 0 Å². The van der Waals surface area contributed by atoms with Crippen molar-refractivity contribution in [2.75, 3.05) is 19.8 Å². The quantitative estimate of drug-likeness (QED) is 0.0469. The van der Waals surface area contributed by atoms with E-state index in [4.69, 9.17) is 76.6 Å². The van der Waals surface area contributed by atoms with Crippen LogP contribution in [0.3, 0.4) is 0 Å². The highest BCUT2D eigenvalue weighted by atomic mass is 16.4. The first-order chi connectivity index (χ1) is 21.8. The summed E-state index contributed by atoms with van der Waals surface area (Å²) in [6, 6.07) is 0. The Morgan fingerprint density at radius 1 is 0.426 bits per heavy atom. The van der Waals surface area contributed by atoms with Crippen LogP contribution in [0.25, 0.3) is 0 Å². The van der Waals surface area contributed by atoms with E-state index < -0.39 is 92.5 Å². The smallest absolute Gasteiger partial charge is 0.335 e. The second-order valence-corrected chi connectivity index (χ2v) is 10.3. The van der Waals surface area contributed by atoms with E-state index in [0.29, 0.717) is 19.3 Å². The number of unbranched alkanes of at least 4 members (excludes halogenated alkanes) is 7. The molecular weight excluding hydrogens is 640 g/mol. The predicted molar refractivity (Wildman–Crippen MR) is 161 cm³/mol. The van der Waals surface area contributed by atoms with Crippen LogP contribution in [0.2, 0.25) is 0 Å². The number of carbonyl (C=O) groups is 4. The zero-order valence-electron chi connectivity index (χ0n) is 26.6. The molecule has 0 aromatic heterocycles. The van der Waals surface area contributed by atoms with Gasteiger partial charge in [0.2, 0.25) is 0 Å². The Labute approximate surface area is 272 Å². The molecule has 0 rings (SSSR count). The number of hydrogen-bond donors (Lipinski definition) is 15. The van der Waals surface area contributed by atoms with Gasteiger partial charge in [-0.05, 0) is 19.3 Å². The third-order valence-corrected chi connectivity index (χ3v) is 6.05. The number of hydrogen-bond acceptors (Lipinski definition) is 15. The summed E-state index contributed by atoms with van der Waals surface area (Å²) in [6.07, 6.45) is -4.57. The first-order valence-electron chi connectivity index (χ1n) is 15.0. The van der Waals surface area contributed by atoms with E-state index in [-0.39, 0.29) is 12.8 Å². The lowest BCUT2D eigenvalue weighted by molar-refractivity contribution is -0.164. The Hall–Kier alpha value is -2.56. The lowest BCUT2D eigenvalue weighted by Crippen LogP contribution is -2.48. The fraction of sp³-hybridized carbons (Fsp3) is 0.857. The van der Waals surface area contributed by atoms with E-state index in [2.05, 4.69) is 6.92 Å². The molecular formula is C28H56O19. The third-order valence-electron chi connectivity index (χ3n) is 6.05. The lowest BCUT2D eigenvalue weighted by Gasteiger charge is -2.24. The second kappa shape index (κ2) is 33.3. The minimum Gasteiger partial charge on any atom is -0.481 e. The largest absolute Gasteiger partial charge is 0.481 e. The van der Waals surface area contributed by atoms with E-state index in [0.717, 1.165) is 12.8 Å². The topological polar surface area (TPSA) is 372 Å². The van der Waals surface area contributed by atoms with Crippen LogP contribution in [0.1, 0.15) is 84.0 Å². The van der Waals surface area contributed by atoms with E-state index in [1.54, 1.807) is 0 Å². The number of carboxylic acids is 4. The first-order valence-corrected chi connectivity index (χ1v) is 15.0. The van der Waals surface area contributed by atoms with Crippen molar-refractivity contribution < 1.29 is 95.8 Å². The summed E-state index contributed by atoms with van der Waals surface area (Å²) in [5.41, 5.74) is 0. The van der Waals surface area contributed by atoms with Gasteiger partial charge in [-0.3, -0.25) is 14.4 Å². The van der Waals surface area contributed by atoms with Crippen LogP contribution < -0.4 is 0 Å². The van der Waals surface area contributed by atoms with E-state index in [1.807, 2.05) is 0 Å². The molecule has 0 aliphatic heterocycles. The fourth-order valence-corrected chi connectivity index (χ4v) is 3.13. The van der Waals surface area contributed by atoms with Crippen molar-refractivity contribution in [2.45, 2.75) is 133 Å². The highest BCUT2D eigenvalue weighted by molar-refractivity contribution is 5.72. The molecule has 0 saturated carbocycles. The molecule has 47 heavy (non-hydrogen) atoms. The normalized spacial score (nSPS) is 15.7. The predicted octanol–water partition coefficient (Wildman–Crippen LogP) is -3.15. The van der Waals surface area contributed by atoms with Gasteiger partial charge in [0.05, 0.1) is 19.8 Å². The summed E-state index contributed by atoms with van der Waals surface area (Å²) < 4.78 is 0. The van der Waals surface area contributed by atoms with Crippen LogP contribution in [0.4, 0.5) is 0 Å². The number of rotatable bonds is 23. The molecule has 0 aromatic carbocycles. The second-order valence-electron chi connectivity index (χ2n) is 10.3. The minimum atomic E-state index is -2.20. The third kappa shape index (κ3) is 33.1. The van der Waals surface area contributed by atoms with E-state index in [9.17, 15) is 19.2 Å². The van der Waals surface area contributed by atoms with Crippen molar-refractivity contribution in [3.63, 3.8) is 0 Å². The van der Waals surface area contributed by atoms with Crippen molar-refractivity contribution in [1.82, 2.24) is 0 Å². The van der Waals surface area contributed by atoms with Gasteiger partial charge in [-0.15, -0.1) is 0 Å². The Morgan fingerprint density at radius 3 is 0.936 bits per heavy atom. The molecule has 0 aliphatic carbocycles. The van der Waals surface area contributed by atoms with Crippen LogP contribution in [-0.2, 0) is 19.2 Å². The highest BCUT2D eigenvalue weighted by Crippen LogP contribution is 2.08. The molecule has 0 fully saturated rings. The Balaban J connectivity index is -0.000000263. The van der Waals surface area contributed by atoms with Gasteiger partial charge in [0.25, 0.3) is 0 Å². The maximum absolute atomic E-state index is 10.1. The average molecular weight is 697 g/mol. The van der Waals surface area contributed by atoms with E-state index >= 15 is 0 Å². The van der Waals surface area contributed by atoms with Gasteiger partial charge in [0.1, 0.15) is 42.7 Å². The maximum atomic E-state index is 10.1. The van der Waals surface area contributed by atoms with Crippen molar-refractivity contribution >= 4 is 23.9 Å². The van der Waals surface area contributed by atoms with Crippen molar-refractivity contribution in [3.05, 3.63) is 0 Å². The highest BCUT2D eigenvalue weighted by Gasteiger charge is 2.34. The van der Waals surface area contributed by atoms with Gasteiger partial charge in [-0.2, -0.15) is 0 Å². The lowest BCUT2D eigenvalue weighted by atomic mass is 10.0. The van der Waals surface area contributed by atoms with Gasteiger partial charge >= 0.3 is 23.9 Å². The summed E-state index contributed by atoms with van der Waals surface area (Å²) in [4.78, 5) is 40.0. The summed E-state index contributed by atoms with van der Waals surface area (Å²) in [6.45, 7) is -0.0955.